The van der Waals surface area contributed by atoms with Gasteiger partial charge >= 0.3 is 0 Å². The van der Waals surface area contributed by atoms with Gasteiger partial charge < -0.3 is 10.0 Å². The minimum absolute atomic E-state index is 0.168. The maximum absolute atomic E-state index is 12.7. The lowest BCUT2D eigenvalue weighted by Crippen LogP contribution is -2.43. The summed E-state index contributed by atoms with van der Waals surface area (Å²) in [5, 5.41) is 10.4. The normalized spacial score (nSPS) is 13.4. The molecule has 1 unspecified atom stereocenters. The van der Waals surface area contributed by atoms with Gasteiger partial charge in [-0.15, -0.1) is 0 Å². The Morgan fingerprint density at radius 1 is 1.18 bits per heavy atom. The van der Waals surface area contributed by atoms with E-state index in [0.717, 1.165) is 5.56 Å². The van der Waals surface area contributed by atoms with Crippen LogP contribution >= 0.6 is 0 Å². The van der Waals surface area contributed by atoms with Crippen molar-refractivity contribution in [1.29, 1.82) is 0 Å². The fourth-order valence-electron chi connectivity index (χ4n) is 2.18. The molecule has 1 aromatic heterocycles. The highest BCUT2D eigenvalue weighted by atomic mass is 16.3. The van der Waals surface area contributed by atoms with Crippen molar-refractivity contribution in [1.82, 2.24) is 9.88 Å². The summed E-state index contributed by atoms with van der Waals surface area (Å²) in [7, 11) is 0. The molecule has 0 aliphatic rings. The van der Waals surface area contributed by atoms with Crippen molar-refractivity contribution in [3.63, 3.8) is 0 Å². The first kappa shape index (κ1) is 16.2. The number of benzene rings is 1. The van der Waals surface area contributed by atoms with Crippen LogP contribution in [0.2, 0.25) is 0 Å². The molecule has 1 amide bonds. The van der Waals surface area contributed by atoms with E-state index in [9.17, 15) is 9.90 Å². The topological polar surface area (TPSA) is 53.4 Å². The minimum atomic E-state index is -0.917. The van der Waals surface area contributed by atoms with Crippen LogP contribution in [0.3, 0.4) is 0 Å². The average Bonchev–Trinajstić information content (AvgIpc) is 2.55. The second-order valence-electron chi connectivity index (χ2n) is 5.71. The fourth-order valence-corrected chi connectivity index (χ4v) is 2.18. The smallest absolute Gasteiger partial charge is 0.272 e. The Balaban J connectivity index is 2.23. The van der Waals surface area contributed by atoms with Gasteiger partial charge in [0.2, 0.25) is 0 Å². The van der Waals surface area contributed by atoms with Crippen LogP contribution in [0.4, 0.5) is 0 Å². The Morgan fingerprint density at radius 2 is 1.86 bits per heavy atom. The van der Waals surface area contributed by atoms with Gasteiger partial charge in [-0.3, -0.25) is 9.78 Å². The number of nitrogens with zero attached hydrogens (tertiary/aromatic N) is 2. The van der Waals surface area contributed by atoms with Crippen molar-refractivity contribution in [2.75, 3.05) is 6.54 Å². The summed E-state index contributed by atoms with van der Waals surface area (Å²) in [6, 6.07) is 15.0. The molecule has 4 nitrogen and oxygen atoms in total. The number of carbonyl (C=O) groups excluding carboxylic acids is 1. The van der Waals surface area contributed by atoms with Crippen LogP contribution in [0.1, 0.15) is 36.3 Å². The third-order valence-electron chi connectivity index (χ3n) is 3.68. The van der Waals surface area contributed by atoms with E-state index < -0.39 is 5.60 Å². The summed E-state index contributed by atoms with van der Waals surface area (Å²) in [6.45, 7) is 4.38. The van der Waals surface area contributed by atoms with Crippen LogP contribution in [0.5, 0.6) is 0 Å². The molecule has 1 N–H and O–H groups in total. The van der Waals surface area contributed by atoms with Crippen molar-refractivity contribution < 1.29 is 9.90 Å². The van der Waals surface area contributed by atoms with Gasteiger partial charge in [0, 0.05) is 19.3 Å². The predicted octanol–water partition coefficient (Wildman–Crippen LogP) is 2.89. The van der Waals surface area contributed by atoms with Crippen molar-refractivity contribution in [2.24, 2.45) is 0 Å². The summed E-state index contributed by atoms with van der Waals surface area (Å²) < 4.78 is 0. The lowest BCUT2D eigenvalue weighted by Gasteiger charge is -2.31. The highest BCUT2D eigenvalue weighted by molar-refractivity contribution is 5.92. The van der Waals surface area contributed by atoms with Crippen molar-refractivity contribution in [2.45, 2.75) is 32.4 Å². The Kier molecular flexibility index (Phi) is 5.28. The number of aliphatic hydroxyl groups is 1. The van der Waals surface area contributed by atoms with Crippen LogP contribution in [-0.2, 0) is 6.54 Å². The van der Waals surface area contributed by atoms with Gasteiger partial charge in [-0.2, -0.15) is 0 Å². The van der Waals surface area contributed by atoms with E-state index in [4.69, 9.17) is 0 Å². The van der Waals surface area contributed by atoms with E-state index in [0.29, 0.717) is 18.7 Å². The zero-order chi connectivity index (χ0) is 16.0. The van der Waals surface area contributed by atoms with Crippen LogP contribution in [0.15, 0.2) is 54.7 Å². The number of hydrogen-bond donors (Lipinski definition) is 1. The summed E-state index contributed by atoms with van der Waals surface area (Å²) in [6.07, 6.45) is 2.18. The summed E-state index contributed by atoms with van der Waals surface area (Å²) in [5.74, 6) is -0.168. The van der Waals surface area contributed by atoms with E-state index in [1.54, 1.807) is 36.2 Å². The van der Waals surface area contributed by atoms with Crippen molar-refractivity contribution in [3.8, 4) is 0 Å². The van der Waals surface area contributed by atoms with Gasteiger partial charge in [0.1, 0.15) is 5.69 Å². The molecule has 0 aliphatic heterocycles. The van der Waals surface area contributed by atoms with Crippen molar-refractivity contribution >= 4 is 5.91 Å². The molecular weight excluding hydrogens is 276 g/mol. The largest absolute Gasteiger partial charge is 0.388 e. The number of pyridine rings is 1. The second-order valence-corrected chi connectivity index (χ2v) is 5.71. The van der Waals surface area contributed by atoms with Gasteiger partial charge in [0.05, 0.1) is 5.60 Å². The maximum Gasteiger partial charge on any atom is 0.272 e. The van der Waals surface area contributed by atoms with Gasteiger partial charge in [0.15, 0.2) is 0 Å². The molecule has 0 saturated carbocycles. The molecule has 0 spiro atoms. The zero-order valence-electron chi connectivity index (χ0n) is 13.1. The number of hydrogen-bond acceptors (Lipinski definition) is 3. The molecule has 2 rings (SSSR count). The molecule has 22 heavy (non-hydrogen) atoms. The molecule has 0 fully saturated rings. The molecule has 2 aromatic rings. The van der Waals surface area contributed by atoms with Gasteiger partial charge in [0.25, 0.3) is 5.91 Å². The number of carbonyl (C=O) groups is 1. The molecule has 1 heterocycles. The molecular formula is C18H22N2O2. The lowest BCUT2D eigenvalue weighted by atomic mass is 10.0. The van der Waals surface area contributed by atoms with Crippen molar-refractivity contribution in [3.05, 3.63) is 66.0 Å². The summed E-state index contributed by atoms with van der Waals surface area (Å²) >= 11 is 0. The fraction of sp³-hybridized carbons (Fsp3) is 0.333. The van der Waals surface area contributed by atoms with E-state index >= 15 is 0 Å². The van der Waals surface area contributed by atoms with Gasteiger partial charge in [-0.25, -0.2) is 0 Å². The monoisotopic (exact) mass is 298 g/mol. The third kappa shape index (κ3) is 4.40. The molecule has 0 aliphatic carbocycles. The average molecular weight is 298 g/mol. The van der Waals surface area contributed by atoms with Crippen LogP contribution < -0.4 is 0 Å². The quantitative estimate of drug-likeness (QED) is 0.892. The van der Waals surface area contributed by atoms with Crippen LogP contribution in [0.25, 0.3) is 0 Å². The summed E-state index contributed by atoms with van der Waals surface area (Å²) in [5.41, 5.74) is 0.503. The molecule has 0 radical (unpaired) electrons. The van der Waals surface area contributed by atoms with Gasteiger partial charge in [-0.1, -0.05) is 43.3 Å². The third-order valence-corrected chi connectivity index (χ3v) is 3.68. The van der Waals surface area contributed by atoms with E-state index in [1.807, 2.05) is 37.3 Å². The van der Waals surface area contributed by atoms with E-state index in [2.05, 4.69) is 4.98 Å². The minimum Gasteiger partial charge on any atom is -0.388 e. The highest BCUT2D eigenvalue weighted by Crippen LogP contribution is 2.16. The molecule has 0 bridgehead atoms. The zero-order valence-corrected chi connectivity index (χ0v) is 13.1. The Hall–Kier alpha value is -2.20. The molecule has 4 heteroatoms. The Labute approximate surface area is 131 Å². The first-order valence-corrected chi connectivity index (χ1v) is 7.48. The maximum atomic E-state index is 12.7. The molecule has 116 valence electrons. The van der Waals surface area contributed by atoms with Gasteiger partial charge in [-0.05, 0) is 31.0 Å². The SMILES string of the molecule is CCC(C)(O)CN(Cc1ccccc1)C(=O)c1ccccn1. The Bertz CT molecular complexity index is 597. The standard InChI is InChI=1S/C18H22N2O2/c1-3-18(2,22)14-20(13-15-9-5-4-6-10-15)17(21)16-11-7-8-12-19-16/h4-12,22H,3,13-14H2,1-2H3. The predicted molar refractivity (Wildman–Crippen MR) is 86.3 cm³/mol. The first-order valence-electron chi connectivity index (χ1n) is 7.48. The van der Waals surface area contributed by atoms with E-state index in [1.165, 1.54) is 0 Å². The molecule has 0 saturated heterocycles. The number of amides is 1. The molecule has 1 atom stereocenters. The first-order chi connectivity index (χ1) is 10.5. The van der Waals surface area contributed by atoms with Crippen LogP contribution in [-0.4, -0.2) is 33.0 Å². The number of rotatable bonds is 6. The molecule has 1 aromatic carbocycles. The Morgan fingerprint density at radius 3 is 2.45 bits per heavy atom. The second kappa shape index (κ2) is 7.18. The van der Waals surface area contributed by atoms with Crippen LogP contribution in [0, 0.1) is 0 Å². The summed E-state index contributed by atoms with van der Waals surface area (Å²) in [4.78, 5) is 18.5. The number of aromatic nitrogens is 1. The van der Waals surface area contributed by atoms with E-state index in [-0.39, 0.29) is 12.5 Å². The highest BCUT2D eigenvalue weighted by Gasteiger charge is 2.26. The lowest BCUT2D eigenvalue weighted by molar-refractivity contribution is 0.0133.